The molecule has 0 saturated heterocycles. The molecule has 0 heterocycles. The maximum atomic E-state index is 11.2. The van der Waals surface area contributed by atoms with Crippen molar-refractivity contribution in [3.63, 3.8) is 0 Å². The van der Waals surface area contributed by atoms with Gasteiger partial charge in [0.15, 0.2) is 0 Å². The van der Waals surface area contributed by atoms with Gasteiger partial charge in [-0.2, -0.15) is 0 Å². The molecule has 1 unspecified atom stereocenters. The van der Waals surface area contributed by atoms with Gasteiger partial charge >= 0.3 is 0 Å². The number of rotatable bonds is 3. The van der Waals surface area contributed by atoms with Crippen molar-refractivity contribution in [3.05, 3.63) is 29.3 Å². The summed E-state index contributed by atoms with van der Waals surface area (Å²) >= 11 is 13.3. The van der Waals surface area contributed by atoms with Crippen molar-refractivity contribution in [1.29, 1.82) is 0 Å². The van der Waals surface area contributed by atoms with Crippen molar-refractivity contribution in [2.75, 3.05) is 0 Å². The minimum Gasteiger partial charge on any atom is -0.298 e. The van der Waals surface area contributed by atoms with Crippen molar-refractivity contribution in [1.82, 2.24) is 0 Å². The van der Waals surface area contributed by atoms with Gasteiger partial charge in [0.1, 0.15) is 5.78 Å². The van der Waals surface area contributed by atoms with E-state index in [0.29, 0.717) is 5.88 Å². The molecule has 0 saturated carbocycles. The highest BCUT2D eigenvalue weighted by molar-refractivity contribution is 9.09. The highest BCUT2D eigenvalue weighted by Crippen LogP contribution is 2.27. The number of hydrogen-bond donors (Lipinski definition) is 1. The summed E-state index contributed by atoms with van der Waals surface area (Å²) in [5.41, 5.74) is 1.88. The third-order valence-electron chi connectivity index (χ3n) is 1.80. The standard InChI is InChI=1S/C10H10BrClOS/c1-6(13)10(11)8-2-7(5-12)3-9(14)4-8/h2-4,10,14H,5H2,1H3. The Morgan fingerprint density at radius 2 is 2.21 bits per heavy atom. The number of carbonyl (C=O) groups is 1. The molecule has 0 radical (unpaired) electrons. The summed E-state index contributed by atoms with van der Waals surface area (Å²) in [7, 11) is 0. The van der Waals surface area contributed by atoms with Crippen LogP contribution in [0.15, 0.2) is 23.1 Å². The van der Waals surface area contributed by atoms with Gasteiger partial charge in [-0.05, 0) is 30.2 Å². The molecule has 1 aromatic carbocycles. The Labute approximate surface area is 102 Å². The third-order valence-corrected chi connectivity index (χ3v) is 3.54. The largest absolute Gasteiger partial charge is 0.298 e. The van der Waals surface area contributed by atoms with Crippen LogP contribution >= 0.6 is 40.2 Å². The Morgan fingerprint density at radius 3 is 2.71 bits per heavy atom. The van der Waals surface area contributed by atoms with Gasteiger partial charge in [0.2, 0.25) is 0 Å². The van der Waals surface area contributed by atoms with E-state index < -0.39 is 0 Å². The lowest BCUT2D eigenvalue weighted by Gasteiger charge is -2.08. The molecule has 0 aromatic heterocycles. The predicted molar refractivity (Wildman–Crippen MR) is 65.6 cm³/mol. The molecular formula is C10H10BrClOS. The van der Waals surface area contributed by atoms with Crippen LogP contribution in [-0.2, 0) is 10.7 Å². The van der Waals surface area contributed by atoms with Gasteiger partial charge in [0.25, 0.3) is 0 Å². The van der Waals surface area contributed by atoms with E-state index in [1.165, 1.54) is 0 Å². The van der Waals surface area contributed by atoms with Crippen molar-refractivity contribution in [3.8, 4) is 0 Å². The molecule has 1 nitrogen and oxygen atoms in total. The minimum absolute atomic E-state index is 0.0736. The maximum Gasteiger partial charge on any atom is 0.147 e. The van der Waals surface area contributed by atoms with Gasteiger partial charge in [-0.1, -0.05) is 22.0 Å². The van der Waals surface area contributed by atoms with Crippen molar-refractivity contribution < 1.29 is 4.79 Å². The molecule has 4 heteroatoms. The van der Waals surface area contributed by atoms with Crippen LogP contribution in [-0.4, -0.2) is 5.78 Å². The van der Waals surface area contributed by atoms with Crippen molar-refractivity contribution >= 4 is 45.9 Å². The molecule has 0 amide bonds. The fourth-order valence-electron chi connectivity index (χ4n) is 1.16. The van der Waals surface area contributed by atoms with E-state index in [4.69, 9.17) is 11.6 Å². The van der Waals surface area contributed by atoms with Crippen LogP contribution in [0.5, 0.6) is 0 Å². The number of alkyl halides is 2. The molecule has 1 atom stereocenters. The topological polar surface area (TPSA) is 17.1 Å². The van der Waals surface area contributed by atoms with Crippen LogP contribution < -0.4 is 0 Å². The number of hydrogen-bond acceptors (Lipinski definition) is 2. The first-order valence-electron chi connectivity index (χ1n) is 4.08. The molecule has 1 rings (SSSR count). The summed E-state index contributed by atoms with van der Waals surface area (Å²) in [5.74, 6) is 0.503. The zero-order chi connectivity index (χ0) is 10.7. The van der Waals surface area contributed by atoms with Crippen molar-refractivity contribution in [2.45, 2.75) is 22.5 Å². The number of Topliss-reactive ketones (excluding diaryl/α,β-unsaturated/α-hetero) is 1. The van der Waals surface area contributed by atoms with Gasteiger partial charge in [-0.15, -0.1) is 24.2 Å². The molecular weight excluding hydrogens is 284 g/mol. The minimum atomic E-state index is -0.267. The number of ketones is 1. The molecule has 0 aliphatic rings. The van der Waals surface area contributed by atoms with Crippen LogP contribution in [0, 0.1) is 0 Å². The SMILES string of the molecule is CC(=O)C(Br)c1cc(S)cc(CCl)c1. The van der Waals surface area contributed by atoms with Gasteiger partial charge in [-0.3, -0.25) is 4.79 Å². The van der Waals surface area contributed by atoms with Crippen LogP contribution in [0.2, 0.25) is 0 Å². The lowest BCUT2D eigenvalue weighted by molar-refractivity contribution is -0.116. The second kappa shape index (κ2) is 5.19. The Kier molecular flexibility index (Phi) is 4.48. The average Bonchev–Trinajstić information content (AvgIpc) is 2.15. The normalized spacial score (nSPS) is 12.6. The van der Waals surface area contributed by atoms with E-state index in [2.05, 4.69) is 28.6 Å². The Bertz CT molecular complexity index is 354. The molecule has 0 spiro atoms. The smallest absolute Gasteiger partial charge is 0.147 e. The first kappa shape index (κ1) is 12.1. The molecule has 0 aliphatic carbocycles. The van der Waals surface area contributed by atoms with Crippen LogP contribution in [0.1, 0.15) is 22.9 Å². The zero-order valence-electron chi connectivity index (χ0n) is 7.63. The Balaban J connectivity index is 3.08. The number of benzene rings is 1. The van der Waals surface area contributed by atoms with E-state index >= 15 is 0 Å². The predicted octanol–water partition coefficient (Wildman–Crippen LogP) is 3.74. The fraction of sp³-hybridized carbons (Fsp3) is 0.300. The molecule has 76 valence electrons. The van der Waals surface area contributed by atoms with Crippen molar-refractivity contribution in [2.24, 2.45) is 0 Å². The van der Waals surface area contributed by atoms with E-state index in [1.54, 1.807) is 6.92 Å². The highest BCUT2D eigenvalue weighted by Gasteiger charge is 2.13. The van der Waals surface area contributed by atoms with E-state index in [1.807, 2.05) is 18.2 Å². The first-order valence-corrected chi connectivity index (χ1v) is 5.97. The second-order valence-electron chi connectivity index (χ2n) is 3.04. The summed E-state index contributed by atoms with van der Waals surface area (Å²) in [6.07, 6.45) is 0. The van der Waals surface area contributed by atoms with Gasteiger partial charge in [0, 0.05) is 10.8 Å². The molecule has 14 heavy (non-hydrogen) atoms. The van der Waals surface area contributed by atoms with Gasteiger partial charge < -0.3 is 0 Å². The van der Waals surface area contributed by atoms with Crippen LogP contribution in [0.25, 0.3) is 0 Å². The molecule has 0 aliphatic heterocycles. The number of halogens is 2. The van der Waals surface area contributed by atoms with E-state index in [-0.39, 0.29) is 10.6 Å². The molecule has 1 aromatic rings. The number of thiol groups is 1. The second-order valence-corrected chi connectivity index (χ2v) is 4.74. The number of carbonyl (C=O) groups excluding carboxylic acids is 1. The summed E-state index contributed by atoms with van der Waals surface area (Å²) in [4.78, 5) is 11.7. The van der Waals surface area contributed by atoms with Crippen LogP contribution in [0.3, 0.4) is 0 Å². The zero-order valence-corrected chi connectivity index (χ0v) is 10.9. The van der Waals surface area contributed by atoms with Gasteiger partial charge in [-0.25, -0.2) is 0 Å². The molecule has 0 bridgehead atoms. The maximum absolute atomic E-state index is 11.2. The van der Waals surface area contributed by atoms with Gasteiger partial charge in [0.05, 0.1) is 4.83 Å². The Hall–Kier alpha value is 0.01000. The summed E-state index contributed by atoms with van der Waals surface area (Å²) < 4.78 is 0. The van der Waals surface area contributed by atoms with Crippen LogP contribution in [0.4, 0.5) is 0 Å². The highest BCUT2D eigenvalue weighted by atomic mass is 79.9. The lowest BCUT2D eigenvalue weighted by atomic mass is 10.1. The summed E-state index contributed by atoms with van der Waals surface area (Å²) in [6.45, 7) is 1.55. The third kappa shape index (κ3) is 3.01. The lowest BCUT2D eigenvalue weighted by Crippen LogP contribution is -2.01. The summed E-state index contributed by atoms with van der Waals surface area (Å²) in [6, 6.07) is 5.66. The Morgan fingerprint density at radius 1 is 1.57 bits per heavy atom. The first-order chi connectivity index (χ1) is 6.54. The van der Waals surface area contributed by atoms with E-state index in [0.717, 1.165) is 16.0 Å². The van der Waals surface area contributed by atoms with E-state index in [9.17, 15) is 4.79 Å². The summed E-state index contributed by atoms with van der Waals surface area (Å²) in [5, 5.41) is 0. The average molecular weight is 294 g/mol. The molecule has 0 fully saturated rings. The quantitative estimate of drug-likeness (QED) is 0.663. The molecule has 0 N–H and O–H groups in total. The fourth-order valence-corrected chi connectivity index (χ4v) is 1.89. The monoisotopic (exact) mass is 292 g/mol.